The minimum atomic E-state index is -0.344. The van der Waals surface area contributed by atoms with Crippen LogP contribution in [0.5, 0.6) is 0 Å². The number of carbonyl (C=O) groups is 2. The van der Waals surface area contributed by atoms with Gasteiger partial charge < -0.3 is 9.64 Å². The smallest absolute Gasteiger partial charge is 0.306 e. The molecule has 1 aromatic rings. The Balaban J connectivity index is 2.03. The lowest BCUT2D eigenvalue weighted by molar-refractivity contribution is -0.145. The minimum Gasteiger partial charge on any atom is -0.466 e. The van der Waals surface area contributed by atoms with Gasteiger partial charge in [0.05, 0.1) is 13.0 Å². The third kappa shape index (κ3) is 4.31. The quantitative estimate of drug-likeness (QED) is 0.745. The molecule has 1 aliphatic heterocycles. The Morgan fingerprint density at radius 2 is 2.14 bits per heavy atom. The van der Waals surface area contributed by atoms with E-state index in [0.29, 0.717) is 23.2 Å². The van der Waals surface area contributed by atoms with Gasteiger partial charge in [-0.15, -0.1) is 11.8 Å². The van der Waals surface area contributed by atoms with Crippen molar-refractivity contribution < 1.29 is 14.3 Å². The number of nitrogens with zero attached hydrogens (tertiary/aromatic N) is 1. The summed E-state index contributed by atoms with van der Waals surface area (Å²) in [4.78, 5) is 25.5. The van der Waals surface area contributed by atoms with Gasteiger partial charge in [0.15, 0.2) is 0 Å². The molecule has 0 spiro atoms. The second-order valence-electron chi connectivity index (χ2n) is 4.78. The third-order valence-electron chi connectivity index (χ3n) is 3.29. The molecule has 0 aromatic heterocycles. The first kappa shape index (κ1) is 17.4. The van der Waals surface area contributed by atoms with E-state index in [4.69, 9.17) is 27.9 Å². The lowest BCUT2D eigenvalue weighted by Crippen LogP contribution is -2.30. The minimum absolute atomic E-state index is 0.0610. The van der Waals surface area contributed by atoms with Crippen LogP contribution in [-0.4, -0.2) is 35.7 Å². The Hall–Kier alpha value is -0.910. The first-order valence-corrected chi connectivity index (χ1v) is 8.85. The van der Waals surface area contributed by atoms with E-state index in [-0.39, 0.29) is 30.1 Å². The molecule has 1 amide bonds. The number of ether oxygens (including phenoxy) is 1. The maximum Gasteiger partial charge on any atom is 0.306 e. The maximum atomic E-state index is 12.4. The molecule has 1 atom stereocenters. The van der Waals surface area contributed by atoms with Gasteiger partial charge in [-0.3, -0.25) is 9.59 Å². The van der Waals surface area contributed by atoms with Crippen molar-refractivity contribution in [2.75, 3.05) is 18.9 Å². The van der Waals surface area contributed by atoms with Crippen molar-refractivity contribution in [3.63, 3.8) is 0 Å². The summed E-state index contributed by atoms with van der Waals surface area (Å²) in [6, 6.07) is 5.29. The van der Waals surface area contributed by atoms with E-state index in [0.717, 1.165) is 11.3 Å². The average Bonchev–Trinajstić information content (AvgIpc) is 2.94. The van der Waals surface area contributed by atoms with E-state index >= 15 is 0 Å². The van der Waals surface area contributed by atoms with Crippen LogP contribution < -0.4 is 0 Å². The Morgan fingerprint density at radius 3 is 2.82 bits per heavy atom. The predicted molar refractivity (Wildman–Crippen MR) is 89.2 cm³/mol. The van der Waals surface area contributed by atoms with Gasteiger partial charge in [0.1, 0.15) is 5.37 Å². The molecule has 22 heavy (non-hydrogen) atoms. The van der Waals surface area contributed by atoms with Gasteiger partial charge in [0, 0.05) is 34.3 Å². The van der Waals surface area contributed by atoms with Crippen molar-refractivity contribution in [2.24, 2.45) is 0 Å². The Kier molecular flexibility index (Phi) is 6.41. The number of rotatable bonds is 5. The van der Waals surface area contributed by atoms with E-state index < -0.39 is 0 Å². The number of esters is 1. The molecule has 1 aromatic carbocycles. The molecule has 0 saturated carbocycles. The van der Waals surface area contributed by atoms with Crippen LogP contribution in [0.3, 0.4) is 0 Å². The first-order chi connectivity index (χ1) is 10.5. The van der Waals surface area contributed by atoms with Gasteiger partial charge in [-0.2, -0.15) is 0 Å². The molecule has 0 bridgehead atoms. The zero-order valence-electron chi connectivity index (χ0n) is 12.2. The summed E-state index contributed by atoms with van der Waals surface area (Å²) in [6.45, 7) is 2.72. The van der Waals surface area contributed by atoms with Gasteiger partial charge in [-0.25, -0.2) is 0 Å². The van der Waals surface area contributed by atoms with Gasteiger partial charge >= 0.3 is 5.97 Å². The van der Waals surface area contributed by atoms with Crippen LogP contribution in [0, 0.1) is 0 Å². The van der Waals surface area contributed by atoms with Crippen molar-refractivity contribution in [1.82, 2.24) is 4.90 Å². The molecule has 2 rings (SSSR count). The topological polar surface area (TPSA) is 46.6 Å². The number of benzene rings is 1. The fourth-order valence-corrected chi connectivity index (χ4v) is 4.16. The number of halogens is 2. The van der Waals surface area contributed by atoms with Crippen LogP contribution in [-0.2, 0) is 14.3 Å². The van der Waals surface area contributed by atoms with Gasteiger partial charge in [0.2, 0.25) is 5.91 Å². The van der Waals surface area contributed by atoms with E-state index in [1.165, 1.54) is 0 Å². The molecule has 1 fully saturated rings. The molecule has 1 heterocycles. The highest BCUT2D eigenvalue weighted by Crippen LogP contribution is 2.41. The Bertz CT molecular complexity index is 568. The molecule has 7 heteroatoms. The molecule has 120 valence electrons. The lowest BCUT2D eigenvalue weighted by Gasteiger charge is -2.25. The molecule has 1 saturated heterocycles. The zero-order chi connectivity index (χ0) is 16.1. The van der Waals surface area contributed by atoms with Crippen LogP contribution in [0.1, 0.15) is 30.7 Å². The van der Waals surface area contributed by atoms with Crippen molar-refractivity contribution in [3.05, 3.63) is 33.8 Å². The van der Waals surface area contributed by atoms with E-state index in [1.807, 2.05) is 6.07 Å². The van der Waals surface area contributed by atoms with Crippen LogP contribution in [0.4, 0.5) is 0 Å². The van der Waals surface area contributed by atoms with Crippen LogP contribution in [0.25, 0.3) is 0 Å². The fourth-order valence-electron chi connectivity index (χ4n) is 2.27. The number of hydrogen-bond acceptors (Lipinski definition) is 4. The summed E-state index contributed by atoms with van der Waals surface area (Å²) in [5.74, 6) is 0.437. The number of carbonyl (C=O) groups excluding carboxylic acids is 2. The monoisotopic (exact) mass is 361 g/mol. The lowest BCUT2D eigenvalue weighted by atomic mass is 10.2. The highest BCUT2D eigenvalue weighted by atomic mass is 35.5. The van der Waals surface area contributed by atoms with Crippen LogP contribution in [0.15, 0.2) is 18.2 Å². The first-order valence-electron chi connectivity index (χ1n) is 7.04. The summed E-state index contributed by atoms with van der Waals surface area (Å²) in [5, 5.41) is 0.992. The maximum absolute atomic E-state index is 12.4. The Morgan fingerprint density at radius 1 is 1.36 bits per heavy atom. The third-order valence-corrected chi connectivity index (χ3v) is 5.09. The number of hydrogen-bond donors (Lipinski definition) is 0. The number of thioether (sulfide) groups is 1. The summed E-state index contributed by atoms with van der Waals surface area (Å²) in [7, 11) is 0. The van der Waals surface area contributed by atoms with Crippen molar-refractivity contribution >= 4 is 46.8 Å². The second kappa shape index (κ2) is 8.09. The van der Waals surface area contributed by atoms with Crippen LogP contribution >= 0.6 is 35.0 Å². The Labute approximate surface area is 144 Å². The molecule has 4 nitrogen and oxygen atoms in total. The largest absolute Gasteiger partial charge is 0.466 e. The molecular formula is C15H17Cl2NO3S. The molecule has 0 N–H and O–H groups in total. The molecule has 0 aliphatic carbocycles. The highest BCUT2D eigenvalue weighted by molar-refractivity contribution is 7.99. The van der Waals surface area contributed by atoms with E-state index in [1.54, 1.807) is 35.7 Å². The van der Waals surface area contributed by atoms with Gasteiger partial charge in [0.25, 0.3) is 0 Å². The summed E-state index contributed by atoms with van der Waals surface area (Å²) >= 11 is 13.8. The standard InChI is InChI=1S/C15H17Cl2NO3S/c1-2-21-14(20)6-5-13(19)18-7-8-22-15(18)11-4-3-10(16)9-12(11)17/h3-4,9,15H,2,5-8H2,1H3. The predicted octanol–water partition coefficient (Wildman–Crippen LogP) is 3.91. The van der Waals surface area contributed by atoms with E-state index in [9.17, 15) is 9.59 Å². The number of amides is 1. The average molecular weight is 362 g/mol. The van der Waals surface area contributed by atoms with Crippen LogP contribution in [0.2, 0.25) is 10.0 Å². The second-order valence-corrected chi connectivity index (χ2v) is 6.81. The molecule has 1 aliphatic rings. The summed E-state index contributed by atoms with van der Waals surface area (Å²) in [6.07, 6.45) is 0.260. The summed E-state index contributed by atoms with van der Waals surface area (Å²) < 4.78 is 4.85. The van der Waals surface area contributed by atoms with E-state index in [2.05, 4.69) is 0 Å². The summed E-state index contributed by atoms with van der Waals surface area (Å²) in [5.41, 5.74) is 0.873. The molecular weight excluding hydrogens is 345 g/mol. The normalized spacial score (nSPS) is 17.6. The van der Waals surface area contributed by atoms with Gasteiger partial charge in [-0.05, 0) is 19.1 Å². The molecule has 1 unspecified atom stereocenters. The van der Waals surface area contributed by atoms with Crippen molar-refractivity contribution in [1.29, 1.82) is 0 Å². The van der Waals surface area contributed by atoms with Crippen molar-refractivity contribution in [2.45, 2.75) is 25.1 Å². The SMILES string of the molecule is CCOC(=O)CCC(=O)N1CCSC1c1ccc(Cl)cc1Cl. The van der Waals surface area contributed by atoms with Crippen molar-refractivity contribution in [3.8, 4) is 0 Å². The highest BCUT2D eigenvalue weighted by Gasteiger charge is 2.31. The van der Waals surface area contributed by atoms with Gasteiger partial charge in [-0.1, -0.05) is 29.3 Å². The zero-order valence-corrected chi connectivity index (χ0v) is 14.5. The molecule has 0 radical (unpaired) electrons. The fraction of sp³-hybridized carbons (Fsp3) is 0.467.